The molecular weight excluding hydrogens is 184 g/mol. The predicted octanol–water partition coefficient (Wildman–Crippen LogP) is 2.58. The minimum atomic E-state index is 0.238. The van der Waals surface area contributed by atoms with Gasteiger partial charge in [-0.2, -0.15) is 0 Å². The summed E-state index contributed by atoms with van der Waals surface area (Å²) in [5.41, 5.74) is 6.68. The zero-order chi connectivity index (χ0) is 11.1. The van der Waals surface area contributed by atoms with Gasteiger partial charge in [-0.25, -0.2) is 0 Å². The molecular formula is C13H26N2. The summed E-state index contributed by atoms with van der Waals surface area (Å²) in [6.45, 7) is 8.06. The molecule has 1 heterocycles. The second-order valence-electron chi connectivity index (χ2n) is 6.35. The van der Waals surface area contributed by atoms with Gasteiger partial charge in [0, 0.05) is 12.1 Å². The number of nitrogens with zero attached hydrogens (tertiary/aromatic N) is 1. The molecule has 0 spiro atoms. The van der Waals surface area contributed by atoms with Gasteiger partial charge in [0.1, 0.15) is 0 Å². The lowest BCUT2D eigenvalue weighted by Crippen LogP contribution is -2.60. The zero-order valence-corrected chi connectivity index (χ0v) is 10.5. The fourth-order valence-electron chi connectivity index (χ4n) is 3.51. The fourth-order valence-corrected chi connectivity index (χ4v) is 3.51. The molecule has 15 heavy (non-hydrogen) atoms. The van der Waals surface area contributed by atoms with E-state index in [4.69, 9.17) is 5.73 Å². The quantitative estimate of drug-likeness (QED) is 0.666. The average molecular weight is 210 g/mol. The van der Waals surface area contributed by atoms with E-state index in [2.05, 4.69) is 25.7 Å². The third-order valence-corrected chi connectivity index (χ3v) is 4.37. The summed E-state index contributed by atoms with van der Waals surface area (Å²) in [5, 5.41) is 0. The maximum Gasteiger partial charge on any atom is 0.0607 e. The number of fused-ring (bicyclic) bond motifs is 1. The molecule has 88 valence electrons. The van der Waals surface area contributed by atoms with Crippen LogP contribution in [0.3, 0.4) is 0 Å². The number of hydrogen-bond acceptors (Lipinski definition) is 2. The van der Waals surface area contributed by atoms with Gasteiger partial charge in [-0.15, -0.1) is 0 Å². The highest BCUT2D eigenvalue weighted by Crippen LogP contribution is 2.40. The molecule has 2 heteroatoms. The first kappa shape index (κ1) is 11.4. The van der Waals surface area contributed by atoms with E-state index in [0.29, 0.717) is 6.17 Å². The Balaban J connectivity index is 2.08. The van der Waals surface area contributed by atoms with Crippen LogP contribution >= 0.6 is 0 Å². The summed E-state index contributed by atoms with van der Waals surface area (Å²) < 4.78 is 0. The molecule has 0 amide bonds. The third kappa shape index (κ3) is 2.21. The summed E-state index contributed by atoms with van der Waals surface area (Å²) >= 11 is 0. The van der Waals surface area contributed by atoms with Crippen molar-refractivity contribution in [1.82, 2.24) is 4.90 Å². The molecule has 2 rings (SSSR count). The second kappa shape index (κ2) is 4.06. The normalized spacial score (nSPS) is 38.8. The average Bonchev–Trinajstić information content (AvgIpc) is 2.16. The highest BCUT2D eigenvalue weighted by atomic mass is 15.3. The summed E-state index contributed by atoms with van der Waals surface area (Å²) in [4.78, 5) is 2.51. The van der Waals surface area contributed by atoms with E-state index in [1.54, 1.807) is 0 Å². The largest absolute Gasteiger partial charge is 0.315 e. The van der Waals surface area contributed by atoms with Crippen molar-refractivity contribution < 1.29 is 0 Å². The van der Waals surface area contributed by atoms with Crippen molar-refractivity contribution in [3.63, 3.8) is 0 Å². The molecule has 2 nitrogen and oxygen atoms in total. The minimum Gasteiger partial charge on any atom is -0.315 e. The Kier molecular flexibility index (Phi) is 3.09. The van der Waals surface area contributed by atoms with Crippen molar-refractivity contribution >= 4 is 0 Å². The molecule has 0 aromatic carbocycles. The Labute approximate surface area is 94.2 Å². The van der Waals surface area contributed by atoms with Gasteiger partial charge in [0.2, 0.25) is 0 Å². The summed E-state index contributed by atoms with van der Waals surface area (Å²) in [6, 6.07) is 0. The van der Waals surface area contributed by atoms with Gasteiger partial charge in [-0.1, -0.05) is 19.3 Å². The van der Waals surface area contributed by atoms with Crippen LogP contribution in [-0.2, 0) is 0 Å². The predicted molar refractivity (Wildman–Crippen MR) is 64.5 cm³/mol. The van der Waals surface area contributed by atoms with E-state index in [0.717, 1.165) is 11.8 Å². The molecule has 0 bridgehead atoms. The van der Waals surface area contributed by atoms with E-state index in [-0.39, 0.29) is 5.54 Å². The maximum atomic E-state index is 6.45. The van der Waals surface area contributed by atoms with Crippen LogP contribution in [0.1, 0.15) is 52.9 Å². The molecule has 0 aromatic rings. The monoisotopic (exact) mass is 210 g/mol. The van der Waals surface area contributed by atoms with Crippen molar-refractivity contribution in [1.29, 1.82) is 0 Å². The first-order chi connectivity index (χ1) is 7.00. The molecule has 2 aliphatic rings. The van der Waals surface area contributed by atoms with Crippen LogP contribution < -0.4 is 5.73 Å². The number of rotatable bonds is 0. The van der Waals surface area contributed by atoms with E-state index >= 15 is 0 Å². The molecule has 1 saturated carbocycles. The molecule has 0 radical (unpaired) electrons. The first-order valence-electron chi connectivity index (χ1n) is 6.52. The van der Waals surface area contributed by atoms with Crippen LogP contribution in [0.5, 0.6) is 0 Å². The Bertz CT molecular complexity index is 219. The Morgan fingerprint density at radius 3 is 2.40 bits per heavy atom. The lowest BCUT2D eigenvalue weighted by Gasteiger charge is -2.51. The lowest BCUT2D eigenvalue weighted by molar-refractivity contribution is -0.0259. The molecule has 1 aliphatic heterocycles. The SMILES string of the molecule is CC(C)(C)N1CCC2CCCCC2C1N. The van der Waals surface area contributed by atoms with Gasteiger partial charge in [0.25, 0.3) is 0 Å². The fraction of sp³-hybridized carbons (Fsp3) is 1.00. The molecule has 1 aliphatic carbocycles. The third-order valence-electron chi connectivity index (χ3n) is 4.37. The van der Waals surface area contributed by atoms with Crippen LogP contribution in [0.15, 0.2) is 0 Å². The zero-order valence-electron chi connectivity index (χ0n) is 10.5. The summed E-state index contributed by atoms with van der Waals surface area (Å²) in [6.07, 6.45) is 7.30. The van der Waals surface area contributed by atoms with Crippen LogP contribution in [0, 0.1) is 11.8 Å². The minimum absolute atomic E-state index is 0.238. The Morgan fingerprint density at radius 1 is 1.07 bits per heavy atom. The number of likely N-dealkylation sites (tertiary alicyclic amines) is 1. The van der Waals surface area contributed by atoms with Crippen LogP contribution in [0.4, 0.5) is 0 Å². The highest BCUT2D eigenvalue weighted by Gasteiger charge is 2.40. The Hall–Kier alpha value is -0.0800. The van der Waals surface area contributed by atoms with Gasteiger partial charge in [0.15, 0.2) is 0 Å². The van der Waals surface area contributed by atoms with Gasteiger partial charge >= 0.3 is 0 Å². The van der Waals surface area contributed by atoms with Gasteiger partial charge in [-0.3, -0.25) is 4.90 Å². The van der Waals surface area contributed by atoms with Crippen LogP contribution in [0.2, 0.25) is 0 Å². The molecule has 0 aromatic heterocycles. The van der Waals surface area contributed by atoms with E-state index < -0.39 is 0 Å². The second-order valence-corrected chi connectivity index (χ2v) is 6.35. The molecule has 3 unspecified atom stereocenters. The van der Waals surface area contributed by atoms with E-state index in [1.807, 2.05) is 0 Å². The van der Waals surface area contributed by atoms with E-state index in [1.165, 1.54) is 38.6 Å². The van der Waals surface area contributed by atoms with Crippen molar-refractivity contribution in [2.75, 3.05) is 6.54 Å². The summed E-state index contributed by atoms with van der Waals surface area (Å²) in [7, 11) is 0. The number of piperidine rings is 1. The van der Waals surface area contributed by atoms with Crippen molar-refractivity contribution in [3.8, 4) is 0 Å². The van der Waals surface area contributed by atoms with Gasteiger partial charge in [0.05, 0.1) is 6.17 Å². The molecule has 1 saturated heterocycles. The first-order valence-corrected chi connectivity index (χ1v) is 6.52. The Morgan fingerprint density at radius 2 is 1.73 bits per heavy atom. The lowest BCUT2D eigenvalue weighted by atomic mass is 9.72. The van der Waals surface area contributed by atoms with Crippen LogP contribution in [-0.4, -0.2) is 23.1 Å². The number of nitrogens with two attached hydrogens (primary N) is 1. The van der Waals surface area contributed by atoms with Crippen molar-refractivity contribution in [3.05, 3.63) is 0 Å². The van der Waals surface area contributed by atoms with Crippen molar-refractivity contribution in [2.45, 2.75) is 64.6 Å². The molecule has 2 fully saturated rings. The van der Waals surface area contributed by atoms with Gasteiger partial charge in [-0.05, 0) is 45.4 Å². The van der Waals surface area contributed by atoms with Gasteiger partial charge < -0.3 is 5.73 Å². The summed E-state index contributed by atoms with van der Waals surface area (Å²) in [5.74, 6) is 1.69. The van der Waals surface area contributed by atoms with Crippen molar-refractivity contribution in [2.24, 2.45) is 17.6 Å². The highest BCUT2D eigenvalue weighted by molar-refractivity contribution is 4.93. The molecule has 3 atom stereocenters. The van der Waals surface area contributed by atoms with Crippen LogP contribution in [0.25, 0.3) is 0 Å². The standard InChI is InChI=1S/C13H26N2/c1-13(2,3)15-9-8-10-6-4-5-7-11(10)12(15)14/h10-12H,4-9,14H2,1-3H3. The maximum absolute atomic E-state index is 6.45. The number of hydrogen-bond donors (Lipinski definition) is 1. The topological polar surface area (TPSA) is 29.3 Å². The molecule has 2 N–H and O–H groups in total. The smallest absolute Gasteiger partial charge is 0.0607 e. The van der Waals surface area contributed by atoms with E-state index in [9.17, 15) is 0 Å².